The van der Waals surface area contributed by atoms with Gasteiger partial charge in [-0.25, -0.2) is 0 Å². The molecule has 0 amide bonds. The van der Waals surface area contributed by atoms with Crippen molar-refractivity contribution in [3.63, 3.8) is 0 Å². The molecule has 3 rings (SSSR count). The SMILES string of the molecule is COc1ccc(OC(c2ccc(Cl)cc2)C2CNCCO2)cc1. The molecule has 1 heterocycles. The van der Waals surface area contributed by atoms with Crippen molar-refractivity contribution in [2.45, 2.75) is 12.2 Å². The molecule has 2 aromatic carbocycles. The third kappa shape index (κ3) is 4.16. The van der Waals surface area contributed by atoms with E-state index in [1.807, 2.05) is 48.5 Å². The van der Waals surface area contributed by atoms with Crippen molar-refractivity contribution in [2.24, 2.45) is 0 Å². The molecule has 4 nitrogen and oxygen atoms in total. The quantitative estimate of drug-likeness (QED) is 0.909. The van der Waals surface area contributed by atoms with Crippen LogP contribution < -0.4 is 14.8 Å². The predicted octanol–water partition coefficient (Wildman–Crippen LogP) is 3.46. The Morgan fingerprint density at radius 1 is 1.09 bits per heavy atom. The van der Waals surface area contributed by atoms with Gasteiger partial charge in [0.05, 0.1) is 13.7 Å². The highest BCUT2D eigenvalue weighted by Crippen LogP contribution is 2.29. The number of halogens is 1. The van der Waals surface area contributed by atoms with Crippen LogP contribution in [0.25, 0.3) is 0 Å². The minimum atomic E-state index is -0.200. The van der Waals surface area contributed by atoms with Crippen molar-refractivity contribution in [3.8, 4) is 11.5 Å². The lowest BCUT2D eigenvalue weighted by Crippen LogP contribution is -2.43. The van der Waals surface area contributed by atoms with Gasteiger partial charge in [0.15, 0.2) is 6.10 Å². The molecule has 1 saturated heterocycles. The summed E-state index contributed by atoms with van der Waals surface area (Å²) in [5, 5.41) is 4.06. The molecule has 0 spiro atoms. The largest absolute Gasteiger partial charge is 0.497 e. The number of hydrogen-bond donors (Lipinski definition) is 1. The molecule has 0 radical (unpaired) electrons. The van der Waals surface area contributed by atoms with Crippen molar-refractivity contribution in [2.75, 3.05) is 26.8 Å². The number of hydrogen-bond acceptors (Lipinski definition) is 4. The highest BCUT2D eigenvalue weighted by molar-refractivity contribution is 6.30. The van der Waals surface area contributed by atoms with Gasteiger partial charge in [0.25, 0.3) is 0 Å². The summed E-state index contributed by atoms with van der Waals surface area (Å²) in [6.07, 6.45) is -0.250. The highest BCUT2D eigenvalue weighted by Gasteiger charge is 2.28. The molecule has 1 aliphatic heterocycles. The Hall–Kier alpha value is -1.75. The van der Waals surface area contributed by atoms with E-state index in [2.05, 4.69) is 5.32 Å². The normalized spacial score (nSPS) is 19.1. The molecule has 23 heavy (non-hydrogen) atoms. The first-order valence-electron chi connectivity index (χ1n) is 7.65. The summed E-state index contributed by atoms with van der Waals surface area (Å²) < 4.78 is 17.3. The Labute approximate surface area is 141 Å². The van der Waals surface area contributed by atoms with Gasteiger partial charge in [0.1, 0.15) is 17.6 Å². The molecule has 0 aromatic heterocycles. The first-order chi connectivity index (χ1) is 11.3. The zero-order chi connectivity index (χ0) is 16.1. The van der Waals surface area contributed by atoms with E-state index in [1.54, 1.807) is 7.11 Å². The molecule has 5 heteroatoms. The summed E-state index contributed by atoms with van der Waals surface area (Å²) in [5.74, 6) is 1.58. The maximum absolute atomic E-state index is 6.22. The first-order valence-corrected chi connectivity index (χ1v) is 8.02. The molecule has 2 atom stereocenters. The van der Waals surface area contributed by atoms with Crippen LogP contribution in [0.15, 0.2) is 48.5 Å². The molecule has 0 aliphatic carbocycles. The second-order valence-electron chi connectivity index (χ2n) is 5.38. The van der Waals surface area contributed by atoms with Crippen molar-refractivity contribution in [1.82, 2.24) is 5.32 Å². The molecule has 1 aliphatic rings. The Kier molecular flexibility index (Phi) is 5.39. The van der Waals surface area contributed by atoms with Gasteiger partial charge < -0.3 is 19.5 Å². The molecule has 0 saturated carbocycles. The fourth-order valence-electron chi connectivity index (χ4n) is 2.59. The van der Waals surface area contributed by atoms with Gasteiger partial charge in [-0.15, -0.1) is 0 Å². The Bertz CT molecular complexity index is 609. The number of rotatable bonds is 5. The van der Waals surface area contributed by atoms with Crippen LogP contribution >= 0.6 is 11.6 Å². The average Bonchev–Trinajstić information content (AvgIpc) is 2.62. The van der Waals surface area contributed by atoms with Crippen LogP contribution in [0.1, 0.15) is 11.7 Å². The Balaban J connectivity index is 1.82. The van der Waals surface area contributed by atoms with Gasteiger partial charge in [-0.1, -0.05) is 23.7 Å². The zero-order valence-electron chi connectivity index (χ0n) is 13.0. The fraction of sp³-hybridized carbons (Fsp3) is 0.333. The minimum Gasteiger partial charge on any atom is -0.497 e. The van der Waals surface area contributed by atoms with Gasteiger partial charge in [-0.2, -0.15) is 0 Å². The number of nitrogens with one attached hydrogen (secondary N) is 1. The molecular formula is C18H20ClNO3. The number of ether oxygens (including phenoxy) is 3. The Morgan fingerprint density at radius 3 is 2.39 bits per heavy atom. The standard InChI is InChI=1S/C18H20ClNO3/c1-21-15-6-8-16(9-7-15)23-18(17-12-20-10-11-22-17)13-2-4-14(19)5-3-13/h2-9,17-18,20H,10-12H2,1H3. The lowest BCUT2D eigenvalue weighted by atomic mass is 10.0. The average molecular weight is 334 g/mol. The lowest BCUT2D eigenvalue weighted by molar-refractivity contribution is -0.0432. The van der Waals surface area contributed by atoms with E-state index >= 15 is 0 Å². The van der Waals surface area contributed by atoms with Gasteiger partial charge in [-0.05, 0) is 42.0 Å². The smallest absolute Gasteiger partial charge is 0.151 e. The van der Waals surface area contributed by atoms with E-state index in [1.165, 1.54) is 0 Å². The van der Waals surface area contributed by atoms with Crippen LogP contribution in [-0.2, 0) is 4.74 Å². The summed E-state index contributed by atoms with van der Waals surface area (Å²) in [6, 6.07) is 15.3. The summed E-state index contributed by atoms with van der Waals surface area (Å²) in [4.78, 5) is 0. The molecule has 122 valence electrons. The lowest BCUT2D eigenvalue weighted by Gasteiger charge is -2.31. The van der Waals surface area contributed by atoms with Crippen LogP contribution in [0.4, 0.5) is 0 Å². The van der Waals surface area contributed by atoms with E-state index in [-0.39, 0.29) is 12.2 Å². The van der Waals surface area contributed by atoms with Crippen molar-refractivity contribution < 1.29 is 14.2 Å². The number of morpholine rings is 1. The number of methoxy groups -OCH3 is 1. The zero-order valence-corrected chi connectivity index (χ0v) is 13.8. The van der Waals surface area contributed by atoms with Gasteiger partial charge in [0.2, 0.25) is 0 Å². The first kappa shape index (κ1) is 16.1. The van der Waals surface area contributed by atoms with E-state index in [4.69, 9.17) is 25.8 Å². The molecular weight excluding hydrogens is 314 g/mol. The van der Waals surface area contributed by atoms with Gasteiger partial charge >= 0.3 is 0 Å². The fourth-order valence-corrected chi connectivity index (χ4v) is 2.72. The van der Waals surface area contributed by atoms with Gasteiger partial charge in [-0.3, -0.25) is 0 Å². The van der Waals surface area contributed by atoms with E-state index in [9.17, 15) is 0 Å². The summed E-state index contributed by atoms with van der Waals surface area (Å²) in [5.41, 5.74) is 1.04. The summed E-state index contributed by atoms with van der Waals surface area (Å²) in [7, 11) is 1.65. The molecule has 2 aromatic rings. The maximum Gasteiger partial charge on any atom is 0.151 e. The van der Waals surface area contributed by atoms with E-state index in [0.717, 1.165) is 30.2 Å². The molecule has 2 unspecified atom stereocenters. The topological polar surface area (TPSA) is 39.7 Å². The maximum atomic E-state index is 6.22. The van der Waals surface area contributed by atoms with Crippen molar-refractivity contribution in [1.29, 1.82) is 0 Å². The van der Waals surface area contributed by atoms with Crippen molar-refractivity contribution >= 4 is 11.6 Å². The Morgan fingerprint density at radius 2 is 1.78 bits per heavy atom. The third-order valence-electron chi connectivity index (χ3n) is 3.81. The summed E-state index contributed by atoms with van der Waals surface area (Å²) >= 11 is 6.00. The third-order valence-corrected chi connectivity index (χ3v) is 4.07. The molecule has 0 bridgehead atoms. The van der Waals surface area contributed by atoms with Crippen LogP contribution in [0, 0.1) is 0 Å². The van der Waals surface area contributed by atoms with Crippen LogP contribution in [0.2, 0.25) is 5.02 Å². The van der Waals surface area contributed by atoms with E-state index in [0.29, 0.717) is 11.6 Å². The van der Waals surface area contributed by atoms with Gasteiger partial charge in [0, 0.05) is 18.1 Å². The van der Waals surface area contributed by atoms with Crippen LogP contribution in [0.5, 0.6) is 11.5 Å². The highest BCUT2D eigenvalue weighted by atomic mass is 35.5. The van der Waals surface area contributed by atoms with Crippen molar-refractivity contribution in [3.05, 3.63) is 59.1 Å². The monoisotopic (exact) mass is 333 g/mol. The number of benzene rings is 2. The predicted molar refractivity (Wildman–Crippen MR) is 90.4 cm³/mol. The second-order valence-corrected chi connectivity index (χ2v) is 5.82. The summed E-state index contributed by atoms with van der Waals surface area (Å²) in [6.45, 7) is 2.30. The van der Waals surface area contributed by atoms with E-state index < -0.39 is 0 Å². The van der Waals surface area contributed by atoms with Crippen LogP contribution in [0.3, 0.4) is 0 Å². The molecule has 1 N–H and O–H groups in total. The van der Waals surface area contributed by atoms with Crippen LogP contribution in [-0.4, -0.2) is 32.9 Å². The molecule has 1 fully saturated rings. The minimum absolute atomic E-state index is 0.0490. The second kappa shape index (κ2) is 7.68.